The maximum absolute atomic E-state index is 13.5. The van der Waals surface area contributed by atoms with Gasteiger partial charge in [0.2, 0.25) is 0 Å². The van der Waals surface area contributed by atoms with Crippen LogP contribution in [0, 0.1) is 17.1 Å². The van der Waals surface area contributed by atoms with E-state index in [4.69, 9.17) is 5.26 Å². The minimum atomic E-state index is -0.596. The van der Waals surface area contributed by atoms with Gasteiger partial charge in [-0.05, 0) is 18.1 Å². The van der Waals surface area contributed by atoms with Crippen molar-refractivity contribution < 1.29 is 13.9 Å². The average Bonchev–Trinajstić information content (AvgIpc) is 2.30. The minimum Gasteiger partial charge on any atom is -0.465 e. The predicted octanol–water partition coefficient (Wildman–Crippen LogP) is 2.24. The third-order valence-corrected chi connectivity index (χ3v) is 2.35. The van der Waals surface area contributed by atoms with Crippen LogP contribution >= 0.6 is 0 Å². The van der Waals surface area contributed by atoms with Crippen molar-refractivity contribution in [1.29, 1.82) is 5.26 Å². The molecule has 0 spiro atoms. The Morgan fingerprint density at radius 2 is 2.25 bits per heavy atom. The molecule has 0 aliphatic heterocycles. The predicted molar refractivity (Wildman–Crippen MR) is 56.4 cm³/mol. The molecular weight excluding hydrogens is 209 g/mol. The highest BCUT2D eigenvalue weighted by Gasteiger charge is 2.19. The molecule has 0 unspecified atom stereocenters. The molecule has 0 fully saturated rings. The van der Waals surface area contributed by atoms with Gasteiger partial charge in [-0.25, -0.2) is 9.18 Å². The topological polar surface area (TPSA) is 50.1 Å². The molecule has 0 saturated heterocycles. The number of carbonyl (C=O) groups is 1. The number of halogens is 1. The van der Waals surface area contributed by atoms with Crippen molar-refractivity contribution in [2.45, 2.75) is 19.8 Å². The summed E-state index contributed by atoms with van der Waals surface area (Å²) in [6, 6.07) is 4.67. The Morgan fingerprint density at radius 3 is 2.75 bits per heavy atom. The monoisotopic (exact) mass is 221 g/mol. The zero-order chi connectivity index (χ0) is 12.1. The van der Waals surface area contributed by atoms with Crippen LogP contribution in [-0.2, 0) is 17.6 Å². The molecule has 0 radical (unpaired) electrons. The number of benzene rings is 1. The number of hydrogen-bond donors (Lipinski definition) is 0. The number of methoxy groups -OCH3 is 1. The molecule has 0 bridgehead atoms. The smallest absolute Gasteiger partial charge is 0.338 e. The van der Waals surface area contributed by atoms with Crippen LogP contribution in [0.4, 0.5) is 4.39 Å². The third-order valence-electron chi connectivity index (χ3n) is 2.35. The van der Waals surface area contributed by atoms with E-state index in [2.05, 4.69) is 4.74 Å². The number of ether oxygens (including phenoxy) is 1. The van der Waals surface area contributed by atoms with Crippen LogP contribution < -0.4 is 0 Å². The normalized spacial score (nSPS) is 9.62. The van der Waals surface area contributed by atoms with Gasteiger partial charge in [-0.2, -0.15) is 5.26 Å². The first-order valence-electron chi connectivity index (χ1n) is 4.91. The van der Waals surface area contributed by atoms with E-state index in [1.54, 1.807) is 6.92 Å². The number of carbonyl (C=O) groups excluding carboxylic acids is 1. The number of hydrogen-bond acceptors (Lipinski definition) is 3. The zero-order valence-corrected chi connectivity index (χ0v) is 9.21. The highest BCUT2D eigenvalue weighted by atomic mass is 19.1. The Hall–Kier alpha value is -1.89. The van der Waals surface area contributed by atoms with Gasteiger partial charge in [0.25, 0.3) is 0 Å². The Kier molecular flexibility index (Phi) is 4.01. The van der Waals surface area contributed by atoms with Crippen molar-refractivity contribution in [1.82, 2.24) is 0 Å². The summed E-state index contributed by atoms with van der Waals surface area (Å²) < 4.78 is 18.1. The van der Waals surface area contributed by atoms with Crippen LogP contribution in [0.3, 0.4) is 0 Å². The first kappa shape index (κ1) is 12.2. The van der Waals surface area contributed by atoms with Crippen molar-refractivity contribution >= 4 is 5.97 Å². The van der Waals surface area contributed by atoms with Gasteiger partial charge in [0.1, 0.15) is 5.82 Å². The van der Waals surface area contributed by atoms with Crippen molar-refractivity contribution in [2.24, 2.45) is 0 Å². The van der Waals surface area contributed by atoms with E-state index in [1.165, 1.54) is 19.2 Å². The molecule has 1 aromatic rings. The molecule has 0 heterocycles. The van der Waals surface area contributed by atoms with E-state index in [0.717, 1.165) is 0 Å². The van der Waals surface area contributed by atoms with Gasteiger partial charge in [0.15, 0.2) is 0 Å². The molecule has 0 saturated carbocycles. The molecule has 0 atom stereocenters. The van der Waals surface area contributed by atoms with Gasteiger partial charge < -0.3 is 4.74 Å². The number of nitriles is 1. The van der Waals surface area contributed by atoms with Crippen LogP contribution in [-0.4, -0.2) is 13.1 Å². The second kappa shape index (κ2) is 5.26. The van der Waals surface area contributed by atoms with Crippen molar-refractivity contribution in [3.05, 3.63) is 34.6 Å². The maximum Gasteiger partial charge on any atom is 0.338 e. The quantitative estimate of drug-likeness (QED) is 0.735. The molecule has 16 heavy (non-hydrogen) atoms. The van der Waals surface area contributed by atoms with E-state index in [9.17, 15) is 9.18 Å². The summed E-state index contributed by atoms with van der Waals surface area (Å²) in [7, 11) is 1.24. The Bertz CT molecular complexity index is 449. The Labute approximate surface area is 93.5 Å². The summed E-state index contributed by atoms with van der Waals surface area (Å²) >= 11 is 0. The van der Waals surface area contributed by atoms with Crippen LogP contribution in [0.5, 0.6) is 0 Å². The van der Waals surface area contributed by atoms with Crippen molar-refractivity contribution in [3.8, 4) is 6.07 Å². The van der Waals surface area contributed by atoms with Crippen LogP contribution in [0.25, 0.3) is 0 Å². The summed E-state index contributed by atoms with van der Waals surface area (Å²) in [5.41, 5.74) is 0.999. The fraction of sp³-hybridized carbons (Fsp3) is 0.333. The van der Waals surface area contributed by atoms with E-state index in [1.807, 2.05) is 6.07 Å². The third kappa shape index (κ3) is 2.19. The molecule has 0 N–H and O–H groups in total. The van der Waals surface area contributed by atoms with E-state index in [0.29, 0.717) is 17.5 Å². The van der Waals surface area contributed by atoms with Crippen LogP contribution in [0.15, 0.2) is 12.1 Å². The fourth-order valence-electron chi connectivity index (χ4n) is 1.61. The molecule has 4 heteroatoms. The lowest BCUT2D eigenvalue weighted by Crippen LogP contribution is -2.11. The van der Waals surface area contributed by atoms with E-state index in [-0.39, 0.29) is 12.0 Å². The van der Waals surface area contributed by atoms with Crippen molar-refractivity contribution in [2.75, 3.05) is 7.11 Å². The first-order valence-corrected chi connectivity index (χ1v) is 4.91. The lowest BCUT2D eigenvalue weighted by Gasteiger charge is -2.10. The van der Waals surface area contributed by atoms with Gasteiger partial charge in [-0.3, -0.25) is 0 Å². The molecule has 0 amide bonds. The largest absolute Gasteiger partial charge is 0.465 e. The van der Waals surface area contributed by atoms with Crippen molar-refractivity contribution in [3.63, 3.8) is 0 Å². The summed E-state index contributed by atoms with van der Waals surface area (Å²) in [4.78, 5) is 11.5. The molecule has 0 aliphatic rings. The van der Waals surface area contributed by atoms with E-state index < -0.39 is 11.8 Å². The fourth-order valence-corrected chi connectivity index (χ4v) is 1.61. The molecule has 0 aliphatic carbocycles. The van der Waals surface area contributed by atoms with E-state index >= 15 is 0 Å². The van der Waals surface area contributed by atoms with Gasteiger partial charge >= 0.3 is 5.97 Å². The van der Waals surface area contributed by atoms with Gasteiger partial charge in [0, 0.05) is 5.56 Å². The number of rotatable bonds is 3. The molecule has 0 aromatic heterocycles. The molecule has 84 valence electrons. The van der Waals surface area contributed by atoms with Crippen LogP contribution in [0.2, 0.25) is 0 Å². The summed E-state index contributed by atoms with van der Waals surface area (Å²) in [5.74, 6) is -1.04. The minimum absolute atomic E-state index is 0.0672. The van der Waals surface area contributed by atoms with Crippen LogP contribution in [0.1, 0.15) is 28.4 Å². The maximum atomic E-state index is 13.5. The molecular formula is C12H12FNO2. The van der Waals surface area contributed by atoms with Gasteiger partial charge in [-0.1, -0.05) is 13.0 Å². The molecule has 1 rings (SSSR count). The SMILES string of the molecule is CCc1c(F)ccc(CC#N)c1C(=O)OC. The Morgan fingerprint density at radius 1 is 1.56 bits per heavy atom. The zero-order valence-electron chi connectivity index (χ0n) is 9.21. The lowest BCUT2D eigenvalue weighted by atomic mass is 9.97. The molecule has 3 nitrogen and oxygen atoms in total. The summed E-state index contributed by atoms with van der Waals surface area (Å²) in [5, 5.41) is 8.64. The summed E-state index contributed by atoms with van der Waals surface area (Å²) in [6.45, 7) is 1.75. The number of esters is 1. The summed E-state index contributed by atoms with van der Waals surface area (Å²) in [6.07, 6.45) is 0.452. The highest BCUT2D eigenvalue weighted by Crippen LogP contribution is 2.20. The average molecular weight is 221 g/mol. The van der Waals surface area contributed by atoms with Gasteiger partial charge in [0.05, 0.1) is 25.2 Å². The second-order valence-corrected chi connectivity index (χ2v) is 3.24. The first-order chi connectivity index (χ1) is 7.65. The number of nitrogens with zero attached hydrogens (tertiary/aromatic N) is 1. The lowest BCUT2D eigenvalue weighted by molar-refractivity contribution is 0.0598. The second-order valence-electron chi connectivity index (χ2n) is 3.24. The highest BCUT2D eigenvalue weighted by molar-refractivity contribution is 5.93. The Balaban J connectivity index is 3.41. The van der Waals surface area contributed by atoms with Gasteiger partial charge in [-0.15, -0.1) is 0 Å². The molecule has 1 aromatic carbocycles. The standard InChI is InChI=1S/C12H12FNO2/c1-3-9-10(13)5-4-8(6-7-14)11(9)12(15)16-2/h4-5H,3,6H2,1-2H3.